The van der Waals surface area contributed by atoms with Gasteiger partial charge in [-0.15, -0.1) is 5.10 Å². The van der Waals surface area contributed by atoms with Gasteiger partial charge in [-0.1, -0.05) is 5.21 Å². The second kappa shape index (κ2) is 2.80. The standard InChI is InChI=1S/C9H10FN3/c1-3-13-9-5-7(10)6(2)4-8(9)11-12-13/h4-5H,3H2,1-2H3. The van der Waals surface area contributed by atoms with E-state index < -0.39 is 0 Å². The van der Waals surface area contributed by atoms with Crippen molar-refractivity contribution in [3.63, 3.8) is 0 Å². The van der Waals surface area contributed by atoms with Crippen LogP contribution in [0.15, 0.2) is 12.1 Å². The number of halogens is 1. The number of hydrogen-bond donors (Lipinski definition) is 0. The van der Waals surface area contributed by atoms with Crippen molar-refractivity contribution >= 4 is 11.0 Å². The van der Waals surface area contributed by atoms with Crippen LogP contribution >= 0.6 is 0 Å². The number of rotatable bonds is 1. The van der Waals surface area contributed by atoms with E-state index in [1.54, 1.807) is 17.7 Å². The summed E-state index contributed by atoms with van der Waals surface area (Å²) < 4.78 is 14.9. The van der Waals surface area contributed by atoms with Crippen molar-refractivity contribution in [1.29, 1.82) is 0 Å². The van der Waals surface area contributed by atoms with Crippen molar-refractivity contribution < 1.29 is 4.39 Å². The minimum Gasteiger partial charge on any atom is -0.245 e. The average Bonchev–Trinajstić information content (AvgIpc) is 2.48. The van der Waals surface area contributed by atoms with Crippen molar-refractivity contribution in [1.82, 2.24) is 15.0 Å². The lowest BCUT2D eigenvalue weighted by Gasteiger charge is -1.98. The van der Waals surface area contributed by atoms with Crippen LogP contribution in [0.25, 0.3) is 11.0 Å². The fourth-order valence-corrected chi connectivity index (χ4v) is 1.33. The van der Waals surface area contributed by atoms with Crippen LogP contribution in [0.2, 0.25) is 0 Å². The Kier molecular flexibility index (Phi) is 1.76. The van der Waals surface area contributed by atoms with Crippen LogP contribution in [0.5, 0.6) is 0 Å². The summed E-state index contributed by atoms with van der Waals surface area (Å²) in [6.07, 6.45) is 0. The molecule has 2 aromatic rings. The monoisotopic (exact) mass is 179 g/mol. The maximum Gasteiger partial charge on any atom is 0.128 e. The second-order valence-electron chi connectivity index (χ2n) is 3.00. The maximum atomic E-state index is 13.2. The normalized spacial score (nSPS) is 11.0. The van der Waals surface area contributed by atoms with Crippen LogP contribution in [0, 0.1) is 12.7 Å². The topological polar surface area (TPSA) is 30.7 Å². The molecule has 0 spiro atoms. The summed E-state index contributed by atoms with van der Waals surface area (Å²) in [5.74, 6) is -0.204. The van der Waals surface area contributed by atoms with Gasteiger partial charge in [-0.3, -0.25) is 0 Å². The van der Waals surface area contributed by atoms with Crippen LogP contribution in [0.4, 0.5) is 4.39 Å². The highest BCUT2D eigenvalue weighted by molar-refractivity contribution is 5.75. The molecule has 0 bridgehead atoms. The first kappa shape index (κ1) is 8.16. The fraction of sp³-hybridized carbons (Fsp3) is 0.333. The van der Waals surface area contributed by atoms with E-state index in [0.29, 0.717) is 12.1 Å². The van der Waals surface area contributed by atoms with Gasteiger partial charge < -0.3 is 0 Å². The summed E-state index contributed by atoms with van der Waals surface area (Å²) in [5, 5.41) is 7.83. The predicted octanol–water partition coefficient (Wildman–Crippen LogP) is 1.90. The minimum atomic E-state index is -0.204. The molecule has 0 atom stereocenters. The average molecular weight is 179 g/mol. The van der Waals surface area contributed by atoms with Crippen LogP contribution < -0.4 is 0 Å². The molecule has 0 saturated carbocycles. The number of hydrogen-bond acceptors (Lipinski definition) is 2. The molecule has 1 aromatic heterocycles. The molecule has 0 fully saturated rings. The SMILES string of the molecule is CCn1nnc2cc(C)c(F)cc21. The summed E-state index contributed by atoms with van der Waals surface area (Å²) in [5.41, 5.74) is 2.11. The summed E-state index contributed by atoms with van der Waals surface area (Å²) >= 11 is 0. The molecule has 13 heavy (non-hydrogen) atoms. The van der Waals surface area contributed by atoms with Crippen molar-refractivity contribution in [3.05, 3.63) is 23.5 Å². The molecular weight excluding hydrogens is 169 g/mol. The first-order chi connectivity index (χ1) is 6.22. The Morgan fingerprint density at radius 2 is 2.23 bits per heavy atom. The third-order valence-corrected chi connectivity index (χ3v) is 2.09. The van der Waals surface area contributed by atoms with Crippen LogP contribution in [-0.4, -0.2) is 15.0 Å². The lowest BCUT2D eigenvalue weighted by Crippen LogP contribution is -1.96. The maximum absolute atomic E-state index is 13.2. The number of aromatic nitrogens is 3. The lowest BCUT2D eigenvalue weighted by atomic mass is 10.2. The second-order valence-corrected chi connectivity index (χ2v) is 3.00. The van der Waals surface area contributed by atoms with Gasteiger partial charge in [0.2, 0.25) is 0 Å². The molecule has 0 amide bonds. The van der Waals surface area contributed by atoms with Crippen molar-refractivity contribution in [2.75, 3.05) is 0 Å². The van der Waals surface area contributed by atoms with Crippen molar-refractivity contribution in [2.24, 2.45) is 0 Å². The van der Waals surface area contributed by atoms with E-state index in [4.69, 9.17) is 0 Å². The molecule has 0 unspecified atom stereocenters. The highest BCUT2D eigenvalue weighted by atomic mass is 19.1. The molecule has 1 heterocycles. The molecule has 0 N–H and O–H groups in total. The highest BCUT2D eigenvalue weighted by Gasteiger charge is 2.06. The van der Waals surface area contributed by atoms with E-state index in [0.717, 1.165) is 11.0 Å². The Morgan fingerprint density at radius 1 is 1.46 bits per heavy atom. The quantitative estimate of drug-likeness (QED) is 0.669. The summed E-state index contributed by atoms with van der Waals surface area (Å²) in [6, 6.07) is 3.19. The van der Waals surface area contributed by atoms with E-state index in [1.807, 2.05) is 6.92 Å². The summed E-state index contributed by atoms with van der Waals surface area (Å²) in [7, 11) is 0. The molecular formula is C9H10FN3. The highest BCUT2D eigenvalue weighted by Crippen LogP contribution is 2.16. The number of aryl methyl sites for hydroxylation is 2. The molecule has 4 heteroatoms. The number of fused-ring (bicyclic) bond motifs is 1. The van der Waals surface area contributed by atoms with Gasteiger partial charge >= 0.3 is 0 Å². The van der Waals surface area contributed by atoms with Gasteiger partial charge in [0, 0.05) is 12.6 Å². The summed E-state index contributed by atoms with van der Waals surface area (Å²) in [6.45, 7) is 4.38. The zero-order valence-electron chi connectivity index (χ0n) is 7.58. The van der Waals surface area contributed by atoms with Crippen molar-refractivity contribution in [2.45, 2.75) is 20.4 Å². The van der Waals surface area contributed by atoms with Gasteiger partial charge in [-0.25, -0.2) is 9.07 Å². The predicted molar refractivity (Wildman–Crippen MR) is 47.9 cm³/mol. The molecule has 0 aliphatic rings. The first-order valence-corrected chi connectivity index (χ1v) is 4.21. The Bertz CT molecular complexity index is 447. The molecule has 2 rings (SSSR count). The number of nitrogens with zero attached hydrogens (tertiary/aromatic N) is 3. The Balaban J connectivity index is 2.77. The third-order valence-electron chi connectivity index (χ3n) is 2.09. The van der Waals surface area contributed by atoms with Crippen LogP contribution in [0.3, 0.4) is 0 Å². The first-order valence-electron chi connectivity index (χ1n) is 4.21. The molecule has 0 saturated heterocycles. The number of benzene rings is 1. The van der Waals surface area contributed by atoms with Crippen molar-refractivity contribution in [3.8, 4) is 0 Å². The Labute approximate surface area is 75.2 Å². The van der Waals surface area contributed by atoms with Gasteiger partial charge in [0.15, 0.2) is 0 Å². The van der Waals surface area contributed by atoms with E-state index >= 15 is 0 Å². The molecule has 3 nitrogen and oxygen atoms in total. The molecule has 0 radical (unpaired) electrons. The smallest absolute Gasteiger partial charge is 0.128 e. The van der Waals surface area contributed by atoms with Gasteiger partial charge in [0.05, 0.1) is 5.52 Å². The zero-order valence-corrected chi connectivity index (χ0v) is 7.58. The van der Waals surface area contributed by atoms with E-state index in [1.165, 1.54) is 6.07 Å². The zero-order chi connectivity index (χ0) is 9.42. The van der Waals surface area contributed by atoms with Gasteiger partial charge in [-0.05, 0) is 25.5 Å². The van der Waals surface area contributed by atoms with Gasteiger partial charge in [0.25, 0.3) is 0 Å². The minimum absolute atomic E-state index is 0.204. The van der Waals surface area contributed by atoms with Crippen LogP contribution in [-0.2, 0) is 6.54 Å². The van der Waals surface area contributed by atoms with Gasteiger partial charge in [-0.2, -0.15) is 0 Å². The van der Waals surface area contributed by atoms with Crippen LogP contribution in [0.1, 0.15) is 12.5 Å². The van der Waals surface area contributed by atoms with Gasteiger partial charge in [0.1, 0.15) is 11.3 Å². The Morgan fingerprint density at radius 3 is 2.92 bits per heavy atom. The summed E-state index contributed by atoms with van der Waals surface area (Å²) in [4.78, 5) is 0. The molecule has 0 aliphatic heterocycles. The largest absolute Gasteiger partial charge is 0.245 e. The Hall–Kier alpha value is -1.45. The third kappa shape index (κ3) is 1.18. The van der Waals surface area contributed by atoms with E-state index in [2.05, 4.69) is 10.3 Å². The molecule has 1 aromatic carbocycles. The molecule has 68 valence electrons. The van der Waals surface area contributed by atoms with E-state index in [-0.39, 0.29) is 5.82 Å². The molecule has 0 aliphatic carbocycles. The lowest BCUT2D eigenvalue weighted by molar-refractivity contribution is 0.615. The fourth-order valence-electron chi connectivity index (χ4n) is 1.33. The van der Waals surface area contributed by atoms with E-state index in [9.17, 15) is 4.39 Å².